The highest BCUT2D eigenvalue weighted by molar-refractivity contribution is 6.59. The molecule has 1 aliphatic rings. The Bertz CT molecular complexity index is 424. The molecule has 1 aromatic rings. The summed E-state index contributed by atoms with van der Waals surface area (Å²) in [6, 6.07) is 4.86. The van der Waals surface area contributed by atoms with Gasteiger partial charge in [-0.3, -0.25) is 4.90 Å². The Labute approximate surface area is 114 Å². The molecule has 0 heterocycles. The fraction of sp³-hybridized carbons (Fsp3) is 0.571. The molecule has 0 atom stereocenters. The van der Waals surface area contributed by atoms with Crippen LogP contribution in [0.5, 0.6) is 0 Å². The van der Waals surface area contributed by atoms with Crippen molar-refractivity contribution in [2.45, 2.75) is 45.2 Å². The van der Waals surface area contributed by atoms with Crippen molar-refractivity contribution >= 4 is 12.6 Å². The van der Waals surface area contributed by atoms with Crippen molar-refractivity contribution in [1.82, 2.24) is 4.90 Å². The van der Waals surface area contributed by atoms with Crippen LogP contribution in [0.3, 0.4) is 0 Å². The molecule has 1 saturated carbocycles. The van der Waals surface area contributed by atoms with Gasteiger partial charge in [-0.15, -0.1) is 0 Å². The van der Waals surface area contributed by atoms with Gasteiger partial charge in [-0.05, 0) is 49.0 Å². The highest BCUT2D eigenvalue weighted by atomic mass is 19.1. The van der Waals surface area contributed by atoms with Crippen molar-refractivity contribution in [2.75, 3.05) is 6.54 Å². The van der Waals surface area contributed by atoms with Gasteiger partial charge >= 0.3 is 7.12 Å². The molecule has 0 radical (unpaired) electrons. The van der Waals surface area contributed by atoms with Gasteiger partial charge in [0.2, 0.25) is 0 Å². The largest absolute Gasteiger partial charge is 0.488 e. The first-order valence-corrected chi connectivity index (χ1v) is 7.00. The van der Waals surface area contributed by atoms with E-state index in [1.165, 1.54) is 25.0 Å². The predicted molar refractivity (Wildman–Crippen MR) is 74.6 cm³/mol. The van der Waals surface area contributed by atoms with Gasteiger partial charge in [-0.2, -0.15) is 0 Å². The Morgan fingerprint density at radius 2 is 2.11 bits per heavy atom. The Morgan fingerprint density at radius 1 is 1.37 bits per heavy atom. The van der Waals surface area contributed by atoms with Crippen LogP contribution in [0.2, 0.25) is 0 Å². The van der Waals surface area contributed by atoms with Crippen LogP contribution in [-0.2, 0) is 6.54 Å². The molecule has 0 unspecified atom stereocenters. The minimum atomic E-state index is -1.61. The van der Waals surface area contributed by atoms with Crippen molar-refractivity contribution in [3.05, 3.63) is 29.6 Å². The molecule has 0 bridgehead atoms. The predicted octanol–water partition coefficient (Wildman–Crippen LogP) is 1.27. The molecule has 0 aliphatic heterocycles. The van der Waals surface area contributed by atoms with E-state index in [-0.39, 0.29) is 5.46 Å². The Morgan fingerprint density at radius 3 is 2.68 bits per heavy atom. The molecular weight excluding hydrogens is 244 g/mol. The van der Waals surface area contributed by atoms with Crippen molar-refractivity contribution < 1.29 is 14.4 Å². The monoisotopic (exact) mass is 265 g/mol. The van der Waals surface area contributed by atoms with E-state index >= 15 is 0 Å². The summed E-state index contributed by atoms with van der Waals surface area (Å²) in [7, 11) is -1.61. The third-order valence-electron chi connectivity index (χ3n) is 3.62. The van der Waals surface area contributed by atoms with Gasteiger partial charge in [0.15, 0.2) is 0 Å². The summed E-state index contributed by atoms with van der Waals surface area (Å²) < 4.78 is 13.2. The number of unbranched alkanes of at least 4 members (excludes halogenated alkanes) is 1. The topological polar surface area (TPSA) is 43.7 Å². The minimum absolute atomic E-state index is 0.280. The second-order valence-electron chi connectivity index (χ2n) is 5.27. The smallest absolute Gasteiger partial charge is 0.423 e. The van der Waals surface area contributed by atoms with Crippen molar-refractivity contribution in [3.8, 4) is 0 Å². The summed E-state index contributed by atoms with van der Waals surface area (Å²) in [5.74, 6) is -0.432. The minimum Gasteiger partial charge on any atom is -0.423 e. The first-order valence-electron chi connectivity index (χ1n) is 7.00. The van der Waals surface area contributed by atoms with Crippen LogP contribution in [0, 0.1) is 5.82 Å². The zero-order chi connectivity index (χ0) is 13.8. The standard InChI is InChI=1S/C14H21BFNO2/c1-2-3-8-17(13-6-7-13)10-11-4-5-12(16)9-14(11)15(18)19/h4-5,9,13,18-19H,2-3,6-8,10H2,1H3. The van der Waals surface area contributed by atoms with E-state index in [1.54, 1.807) is 6.07 Å². The molecule has 3 nitrogen and oxygen atoms in total. The lowest BCUT2D eigenvalue weighted by molar-refractivity contribution is 0.251. The fourth-order valence-corrected chi connectivity index (χ4v) is 2.36. The molecule has 104 valence electrons. The Kier molecular flexibility index (Phi) is 4.96. The lowest BCUT2D eigenvalue weighted by Gasteiger charge is -2.23. The number of benzene rings is 1. The molecule has 0 amide bonds. The van der Waals surface area contributed by atoms with Gasteiger partial charge in [0.05, 0.1) is 0 Å². The highest BCUT2D eigenvalue weighted by Gasteiger charge is 2.29. The molecular formula is C14H21BFNO2. The zero-order valence-electron chi connectivity index (χ0n) is 11.3. The average molecular weight is 265 g/mol. The number of hydrogen-bond acceptors (Lipinski definition) is 3. The van der Waals surface area contributed by atoms with Crippen LogP contribution in [0.4, 0.5) is 4.39 Å². The molecule has 5 heteroatoms. The summed E-state index contributed by atoms with van der Waals surface area (Å²) in [6.07, 6.45) is 4.70. The van der Waals surface area contributed by atoms with Gasteiger partial charge in [0, 0.05) is 12.6 Å². The summed E-state index contributed by atoms with van der Waals surface area (Å²) >= 11 is 0. The van der Waals surface area contributed by atoms with Crippen LogP contribution >= 0.6 is 0 Å². The second kappa shape index (κ2) is 6.50. The number of rotatable bonds is 7. The number of hydrogen-bond donors (Lipinski definition) is 2. The van der Waals surface area contributed by atoms with E-state index in [4.69, 9.17) is 0 Å². The summed E-state index contributed by atoms with van der Waals surface area (Å²) in [5, 5.41) is 18.7. The molecule has 0 spiro atoms. The van der Waals surface area contributed by atoms with Gasteiger partial charge in [0.25, 0.3) is 0 Å². The molecule has 1 fully saturated rings. The van der Waals surface area contributed by atoms with E-state index in [1.807, 2.05) is 0 Å². The fourth-order valence-electron chi connectivity index (χ4n) is 2.36. The molecule has 1 aromatic carbocycles. The maximum Gasteiger partial charge on any atom is 0.488 e. The van der Waals surface area contributed by atoms with Crippen molar-refractivity contribution in [3.63, 3.8) is 0 Å². The van der Waals surface area contributed by atoms with Gasteiger partial charge in [-0.1, -0.05) is 19.4 Å². The lowest BCUT2D eigenvalue weighted by Crippen LogP contribution is -2.37. The quantitative estimate of drug-likeness (QED) is 0.730. The average Bonchev–Trinajstić information content (AvgIpc) is 3.20. The molecule has 1 aliphatic carbocycles. The van der Waals surface area contributed by atoms with Gasteiger partial charge in [-0.25, -0.2) is 4.39 Å². The number of halogens is 1. The number of nitrogens with zero attached hydrogens (tertiary/aromatic N) is 1. The summed E-state index contributed by atoms with van der Waals surface area (Å²) in [4.78, 5) is 2.36. The SMILES string of the molecule is CCCCN(Cc1ccc(F)cc1B(O)O)C1CC1. The molecule has 2 N–H and O–H groups in total. The second-order valence-corrected chi connectivity index (χ2v) is 5.27. The zero-order valence-corrected chi connectivity index (χ0v) is 11.3. The third kappa shape index (κ3) is 4.03. The van der Waals surface area contributed by atoms with Crippen molar-refractivity contribution in [1.29, 1.82) is 0 Å². The van der Waals surface area contributed by atoms with E-state index in [2.05, 4.69) is 11.8 Å². The Balaban J connectivity index is 2.11. The summed E-state index contributed by atoms with van der Waals surface area (Å²) in [6.45, 7) is 3.84. The van der Waals surface area contributed by atoms with Crippen LogP contribution in [0.1, 0.15) is 38.2 Å². The van der Waals surface area contributed by atoms with E-state index in [0.717, 1.165) is 24.9 Å². The molecule has 2 rings (SSSR count). The van der Waals surface area contributed by atoms with E-state index < -0.39 is 12.9 Å². The Hall–Kier alpha value is -0.905. The molecule has 0 saturated heterocycles. The molecule has 0 aromatic heterocycles. The van der Waals surface area contributed by atoms with Gasteiger partial charge < -0.3 is 10.0 Å². The third-order valence-corrected chi connectivity index (χ3v) is 3.62. The van der Waals surface area contributed by atoms with E-state index in [0.29, 0.717) is 12.6 Å². The van der Waals surface area contributed by atoms with Gasteiger partial charge in [0.1, 0.15) is 5.82 Å². The lowest BCUT2D eigenvalue weighted by atomic mass is 9.77. The first kappa shape index (κ1) is 14.5. The van der Waals surface area contributed by atoms with Crippen LogP contribution in [-0.4, -0.2) is 34.7 Å². The summed E-state index contributed by atoms with van der Waals surface area (Å²) in [5.41, 5.74) is 1.08. The maximum absolute atomic E-state index is 13.2. The van der Waals surface area contributed by atoms with Crippen LogP contribution in [0.15, 0.2) is 18.2 Å². The van der Waals surface area contributed by atoms with Crippen molar-refractivity contribution in [2.24, 2.45) is 0 Å². The molecule has 19 heavy (non-hydrogen) atoms. The highest BCUT2D eigenvalue weighted by Crippen LogP contribution is 2.28. The van der Waals surface area contributed by atoms with Crippen LogP contribution < -0.4 is 5.46 Å². The first-order chi connectivity index (χ1) is 9.11. The normalized spacial score (nSPS) is 15.0. The van der Waals surface area contributed by atoms with E-state index in [9.17, 15) is 14.4 Å². The van der Waals surface area contributed by atoms with Crippen LogP contribution in [0.25, 0.3) is 0 Å². The maximum atomic E-state index is 13.2.